The molecule has 3 aromatic rings. The Kier molecular flexibility index (Phi) is 12.0. The maximum Gasteiger partial charge on any atom is 0.408 e. The van der Waals surface area contributed by atoms with Gasteiger partial charge in [-0.15, -0.1) is 0 Å². The number of nitrogens with two attached hydrogens (primary N) is 1. The highest BCUT2D eigenvalue weighted by atomic mass is 16.6. The van der Waals surface area contributed by atoms with Gasteiger partial charge < -0.3 is 35.5 Å². The van der Waals surface area contributed by atoms with E-state index in [9.17, 15) is 15.0 Å². The molecular formula is C39H54N2O6. The van der Waals surface area contributed by atoms with E-state index in [0.717, 1.165) is 48.8 Å². The van der Waals surface area contributed by atoms with E-state index in [0.29, 0.717) is 12.2 Å². The van der Waals surface area contributed by atoms with Crippen molar-refractivity contribution in [3.8, 4) is 11.5 Å². The van der Waals surface area contributed by atoms with E-state index < -0.39 is 6.09 Å². The molecule has 0 aliphatic heterocycles. The van der Waals surface area contributed by atoms with Crippen molar-refractivity contribution in [2.45, 2.75) is 114 Å². The van der Waals surface area contributed by atoms with Gasteiger partial charge in [0, 0.05) is 43.9 Å². The van der Waals surface area contributed by atoms with Crippen LogP contribution in [-0.4, -0.2) is 54.8 Å². The molecule has 0 radical (unpaired) electrons. The van der Waals surface area contributed by atoms with Crippen LogP contribution in [0, 0.1) is 0 Å². The normalized spacial score (nSPS) is 22.9. The molecular weight excluding hydrogens is 592 g/mol. The molecule has 3 aromatic carbocycles. The Bertz CT molecular complexity index is 1470. The molecule has 0 aromatic heterocycles. The third-order valence-corrected chi connectivity index (χ3v) is 11.1. The molecule has 47 heavy (non-hydrogen) atoms. The smallest absolute Gasteiger partial charge is 0.408 e. The zero-order valence-electron chi connectivity index (χ0n) is 29.1. The molecule has 5 N–H and O–H groups in total. The van der Waals surface area contributed by atoms with Gasteiger partial charge in [0.25, 0.3) is 0 Å². The number of ether oxygens (including phenoxy) is 3. The first kappa shape index (κ1) is 36.2. The van der Waals surface area contributed by atoms with E-state index in [4.69, 9.17) is 19.9 Å². The second-order valence-electron chi connectivity index (χ2n) is 13.0. The molecule has 8 heteroatoms. The number of carbonyl (C=O) groups excluding carboxylic acids is 1. The summed E-state index contributed by atoms with van der Waals surface area (Å²) in [6.07, 6.45) is 4.11. The van der Waals surface area contributed by atoms with Crippen molar-refractivity contribution in [1.82, 2.24) is 5.32 Å². The lowest BCUT2D eigenvalue weighted by Crippen LogP contribution is -2.60. The fourth-order valence-electron chi connectivity index (χ4n) is 8.12. The minimum atomic E-state index is -0.455. The molecule has 0 heterocycles. The summed E-state index contributed by atoms with van der Waals surface area (Å²) in [5, 5.41) is 23.0. The standard InChI is InChI=1S/C24H31NO4.C15H23NO2/c1-5-24(6-2)20-15-19(26)13-12-18(20)14-21(28-4)22(24)25-23(27)29-16(3)17-10-8-7-9-11-17;1-4-15(5-2)12-9-11(17)7-6-10(12)8-13(18-3)14(15)16/h7-13,15-16,21-22,26H,5-6,14H2,1-4H3,(H,25,27);6-7,9,13-14,17H,4-5,8,16H2,1-3H3/t16-,21+,22-;13-,14+/m10/s1. The summed E-state index contributed by atoms with van der Waals surface area (Å²) in [4.78, 5) is 12.8. The molecule has 0 spiro atoms. The predicted octanol–water partition coefficient (Wildman–Crippen LogP) is 7.23. The Labute approximate surface area is 280 Å². The van der Waals surface area contributed by atoms with Gasteiger partial charge in [-0.2, -0.15) is 0 Å². The van der Waals surface area contributed by atoms with Gasteiger partial charge in [0.15, 0.2) is 0 Å². The van der Waals surface area contributed by atoms with Gasteiger partial charge in [-0.05, 0) is 84.7 Å². The number of benzene rings is 3. The van der Waals surface area contributed by atoms with Crippen molar-refractivity contribution in [2.24, 2.45) is 5.73 Å². The molecule has 0 saturated heterocycles. The lowest BCUT2D eigenvalue weighted by molar-refractivity contribution is 0.0185. The largest absolute Gasteiger partial charge is 0.508 e. The van der Waals surface area contributed by atoms with Crippen molar-refractivity contribution in [3.63, 3.8) is 0 Å². The lowest BCUT2D eigenvalue weighted by Gasteiger charge is -2.48. The van der Waals surface area contributed by atoms with Gasteiger partial charge in [0.1, 0.15) is 17.6 Å². The molecule has 2 aliphatic carbocycles. The van der Waals surface area contributed by atoms with Gasteiger partial charge in [-0.3, -0.25) is 0 Å². The van der Waals surface area contributed by atoms with E-state index in [2.05, 4.69) is 33.0 Å². The van der Waals surface area contributed by atoms with Gasteiger partial charge in [0.05, 0.1) is 18.2 Å². The number of phenols is 2. The third kappa shape index (κ3) is 7.15. The number of fused-ring (bicyclic) bond motifs is 2. The molecule has 256 valence electrons. The van der Waals surface area contributed by atoms with Crippen LogP contribution in [0.25, 0.3) is 0 Å². The van der Waals surface area contributed by atoms with Crippen LogP contribution in [0.5, 0.6) is 11.5 Å². The van der Waals surface area contributed by atoms with Crippen molar-refractivity contribution in [3.05, 3.63) is 94.5 Å². The summed E-state index contributed by atoms with van der Waals surface area (Å²) < 4.78 is 17.0. The molecule has 5 atom stereocenters. The summed E-state index contributed by atoms with van der Waals surface area (Å²) in [7, 11) is 3.41. The fraction of sp³-hybridized carbons (Fsp3) is 0.513. The Morgan fingerprint density at radius 1 is 0.809 bits per heavy atom. The van der Waals surface area contributed by atoms with Crippen LogP contribution < -0.4 is 11.1 Å². The highest BCUT2D eigenvalue weighted by Gasteiger charge is 2.48. The zero-order valence-corrected chi connectivity index (χ0v) is 29.1. The number of phenolic OH excluding ortho intramolecular Hbond substituents is 2. The van der Waals surface area contributed by atoms with Crippen LogP contribution in [0.3, 0.4) is 0 Å². The maximum absolute atomic E-state index is 12.8. The van der Waals surface area contributed by atoms with Crippen LogP contribution in [0.1, 0.15) is 94.2 Å². The summed E-state index contributed by atoms with van der Waals surface area (Å²) >= 11 is 0. The van der Waals surface area contributed by atoms with Crippen molar-refractivity contribution in [2.75, 3.05) is 14.2 Å². The summed E-state index contributed by atoms with van der Waals surface area (Å²) in [5.41, 5.74) is 11.7. The average Bonchev–Trinajstić information content (AvgIpc) is 3.09. The van der Waals surface area contributed by atoms with Crippen LogP contribution in [-0.2, 0) is 37.9 Å². The highest BCUT2D eigenvalue weighted by Crippen LogP contribution is 2.45. The number of nitrogens with one attached hydrogen (secondary N) is 1. The van der Waals surface area contributed by atoms with Gasteiger partial charge in [-0.1, -0.05) is 70.2 Å². The van der Waals surface area contributed by atoms with Crippen molar-refractivity contribution < 1.29 is 29.2 Å². The number of amides is 1. The van der Waals surface area contributed by atoms with Gasteiger partial charge in [-0.25, -0.2) is 4.79 Å². The van der Waals surface area contributed by atoms with Crippen molar-refractivity contribution >= 4 is 6.09 Å². The number of aromatic hydroxyl groups is 2. The average molecular weight is 647 g/mol. The first-order chi connectivity index (χ1) is 22.5. The molecule has 0 saturated carbocycles. The van der Waals surface area contributed by atoms with E-state index in [-0.39, 0.29) is 47.0 Å². The second kappa shape index (κ2) is 15.5. The van der Waals surface area contributed by atoms with Gasteiger partial charge >= 0.3 is 6.09 Å². The Balaban J connectivity index is 0.000000238. The second-order valence-corrected chi connectivity index (χ2v) is 13.0. The first-order valence-corrected chi connectivity index (χ1v) is 17.0. The van der Waals surface area contributed by atoms with Crippen LogP contribution in [0.15, 0.2) is 66.7 Å². The van der Waals surface area contributed by atoms with Crippen molar-refractivity contribution in [1.29, 1.82) is 0 Å². The molecule has 0 unspecified atom stereocenters. The number of carbonyl (C=O) groups is 1. The molecule has 0 fully saturated rings. The minimum absolute atomic E-state index is 0.0215. The SMILES string of the molecule is CCC1(CC)c2cc(O)ccc2C[C@H](OC)[C@H]1N.CCC1(CC)c2cc(O)ccc2C[C@H](OC)[C@H]1NC(=O)O[C@H](C)c1ccccc1. The molecule has 2 aliphatic rings. The van der Waals surface area contributed by atoms with E-state index in [1.165, 1.54) is 11.1 Å². The predicted molar refractivity (Wildman–Crippen MR) is 186 cm³/mol. The number of alkyl carbamates (subject to hydrolysis) is 1. The van der Waals surface area contributed by atoms with E-state index >= 15 is 0 Å². The quantitative estimate of drug-likeness (QED) is 0.194. The van der Waals surface area contributed by atoms with Crippen LogP contribution in [0.4, 0.5) is 4.79 Å². The Morgan fingerprint density at radius 2 is 1.30 bits per heavy atom. The third-order valence-electron chi connectivity index (χ3n) is 11.1. The van der Waals surface area contributed by atoms with Crippen LogP contribution in [0.2, 0.25) is 0 Å². The van der Waals surface area contributed by atoms with E-state index in [1.807, 2.05) is 61.5 Å². The summed E-state index contributed by atoms with van der Waals surface area (Å²) in [6, 6.07) is 20.5. The highest BCUT2D eigenvalue weighted by molar-refractivity contribution is 5.69. The number of rotatable bonds is 9. The molecule has 5 rings (SSSR count). The molecule has 0 bridgehead atoms. The Hall–Kier alpha value is -3.59. The topological polar surface area (TPSA) is 123 Å². The lowest BCUT2D eigenvalue weighted by atomic mass is 9.62. The number of hydrogen-bond donors (Lipinski definition) is 4. The van der Waals surface area contributed by atoms with Gasteiger partial charge in [0.2, 0.25) is 0 Å². The monoisotopic (exact) mass is 646 g/mol. The molecule has 1 amide bonds. The van der Waals surface area contributed by atoms with Crippen LogP contribution >= 0.6 is 0 Å². The summed E-state index contributed by atoms with van der Waals surface area (Å²) in [5.74, 6) is 0.563. The first-order valence-electron chi connectivity index (χ1n) is 17.0. The summed E-state index contributed by atoms with van der Waals surface area (Å²) in [6.45, 7) is 10.4. The maximum atomic E-state index is 12.8. The number of hydrogen-bond acceptors (Lipinski definition) is 7. The van der Waals surface area contributed by atoms with E-state index in [1.54, 1.807) is 26.4 Å². The minimum Gasteiger partial charge on any atom is -0.508 e. The zero-order chi connectivity index (χ0) is 34.4. The Morgan fingerprint density at radius 3 is 1.79 bits per heavy atom. The number of methoxy groups -OCH3 is 2. The molecule has 8 nitrogen and oxygen atoms in total. The fourth-order valence-corrected chi connectivity index (χ4v) is 8.12.